The third kappa shape index (κ3) is 36.8. The summed E-state index contributed by atoms with van der Waals surface area (Å²) in [5.74, 6) is -9.02. The fourth-order valence-corrected chi connectivity index (χ4v) is 10.9. The lowest BCUT2D eigenvalue weighted by Gasteiger charge is -2.44. The molecule has 0 aromatic heterocycles. The number of carbonyl (C=O) groups is 13. The van der Waals surface area contributed by atoms with Gasteiger partial charge in [0.25, 0.3) is 0 Å². The average Bonchev–Trinajstić information content (AvgIpc) is 0.794. The van der Waals surface area contributed by atoms with Gasteiger partial charge in [0.15, 0.2) is 67.0 Å². The van der Waals surface area contributed by atoms with Crippen molar-refractivity contribution in [2.24, 2.45) is 0 Å². The number of hydrogen-bond donors (Lipinski definition) is 3. The number of rotatable bonds is 49. The van der Waals surface area contributed by atoms with Crippen molar-refractivity contribution in [3.8, 4) is 17.2 Å². The summed E-state index contributed by atoms with van der Waals surface area (Å²) in [7, 11) is 0. The molecule has 3 aliphatic heterocycles. The van der Waals surface area contributed by atoms with Crippen molar-refractivity contribution < 1.29 is 181 Å². The molecule has 3 aliphatic rings. The fraction of sp³-hybridized carbons (Fsp3) is 0.732. The van der Waals surface area contributed by atoms with Crippen LogP contribution in [-0.4, -0.2) is 314 Å². The third-order valence-electron chi connectivity index (χ3n) is 15.0. The molecule has 112 heavy (non-hydrogen) atoms. The first-order valence-electron chi connectivity index (χ1n) is 35.9. The lowest BCUT2D eigenvalue weighted by Crippen LogP contribution is -2.66. The summed E-state index contributed by atoms with van der Waals surface area (Å²) in [4.78, 5) is 160. The minimum Gasteiger partial charge on any atom is -0.487 e. The quantitative estimate of drug-likeness (QED) is 0.0435. The largest absolute Gasteiger partial charge is 0.487 e. The molecule has 1 aromatic rings. The lowest BCUT2D eigenvalue weighted by atomic mass is 9.96. The second-order valence-corrected chi connectivity index (χ2v) is 25.8. The van der Waals surface area contributed by atoms with Gasteiger partial charge in [0.05, 0.1) is 105 Å². The molecule has 0 spiro atoms. The van der Waals surface area contributed by atoms with Crippen LogP contribution in [0.4, 0.5) is 0 Å². The highest BCUT2D eigenvalue weighted by atomic mass is 16.7. The molecule has 3 heterocycles. The van der Waals surface area contributed by atoms with Crippen molar-refractivity contribution in [2.75, 3.05) is 139 Å². The summed E-state index contributed by atoms with van der Waals surface area (Å²) in [6, 6.07) is -0.788. The van der Waals surface area contributed by atoms with Gasteiger partial charge in [-0.2, -0.15) is 0 Å². The highest BCUT2D eigenvalue weighted by Gasteiger charge is 2.54. The number of esters is 10. The highest BCUT2D eigenvalue weighted by molar-refractivity contribution is 5.91. The zero-order valence-corrected chi connectivity index (χ0v) is 65.7. The number of carbonyl (C=O) groups excluding carboxylic acids is 13. The molecule has 0 saturated carbocycles. The maximum Gasteiger partial charge on any atom is 0.338 e. The Kier molecular flexibility index (Phi) is 43.0. The molecule has 41 nitrogen and oxygen atoms in total. The first-order chi connectivity index (χ1) is 53.0. The molecular formula is C71H107N3O38. The molecule has 1 aromatic carbocycles. The molecule has 1 unspecified atom stereocenters. The third-order valence-corrected chi connectivity index (χ3v) is 15.0. The molecule has 15 atom stereocenters. The fourth-order valence-electron chi connectivity index (χ4n) is 10.9. The van der Waals surface area contributed by atoms with E-state index >= 15 is 0 Å². The van der Waals surface area contributed by atoms with Gasteiger partial charge in [0.1, 0.15) is 81.7 Å². The zero-order valence-electron chi connectivity index (χ0n) is 65.7. The van der Waals surface area contributed by atoms with Gasteiger partial charge < -0.3 is 134 Å². The number of ether oxygens (including phenoxy) is 25. The van der Waals surface area contributed by atoms with E-state index in [1.165, 1.54) is 32.9 Å². The van der Waals surface area contributed by atoms with Crippen molar-refractivity contribution in [1.82, 2.24) is 16.0 Å². The Morgan fingerprint density at radius 1 is 0.321 bits per heavy atom. The first kappa shape index (κ1) is 95.6. The highest BCUT2D eigenvalue weighted by Crippen LogP contribution is 2.40. The molecule has 0 aliphatic carbocycles. The van der Waals surface area contributed by atoms with Crippen molar-refractivity contribution in [3.05, 3.63) is 17.7 Å². The van der Waals surface area contributed by atoms with Crippen molar-refractivity contribution in [1.29, 1.82) is 0 Å². The van der Waals surface area contributed by atoms with Crippen LogP contribution in [0.3, 0.4) is 0 Å². The summed E-state index contributed by atoms with van der Waals surface area (Å²) in [5.41, 5.74) is -0.925. The Hall–Kier alpha value is -8.75. The first-order valence-corrected chi connectivity index (χ1v) is 35.9. The minimum absolute atomic E-state index is 0.0109. The van der Waals surface area contributed by atoms with Gasteiger partial charge >= 0.3 is 59.7 Å². The number of nitrogens with one attached hydrogen (secondary N) is 3. The molecule has 4 rings (SSSR count). The van der Waals surface area contributed by atoms with E-state index in [1.54, 1.807) is 20.8 Å². The maximum atomic E-state index is 13.7. The van der Waals surface area contributed by atoms with E-state index < -0.39 is 195 Å². The van der Waals surface area contributed by atoms with Gasteiger partial charge in [-0.15, -0.1) is 0 Å². The van der Waals surface area contributed by atoms with Crippen LogP contribution in [0.2, 0.25) is 0 Å². The topological polar surface area (TPSA) is 489 Å². The molecule has 0 bridgehead atoms. The second kappa shape index (κ2) is 50.4. The molecule has 41 heteroatoms. The molecule has 634 valence electrons. The summed E-state index contributed by atoms with van der Waals surface area (Å²) in [5, 5.41) is 7.86. The van der Waals surface area contributed by atoms with Crippen LogP contribution in [0.25, 0.3) is 0 Å². The molecule has 3 N–H and O–H groups in total. The molecule has 3 fully saturated rings. The Balaban J connectivity index is 1.44. The molecule has 3 saturated heterocycles. The number of benzene rings is 1. The van der Waals surface area contributed by atoms with Crippen LogP contribution >= 0.6 is 0 Å². The van der Waals surface area contributed by atoms with Gasteiger partial charge in [-0.3, -0.25) is 57.5 Å². The van der Waals surface area contributed by atoms with Gasteiger partial charge in [-0.1, -0.05) is 0 Å². The van der Waals surface area contributed by atoms with E-state index in [0.29, 0.717) is 0 Å². The van der Waals surface area contributed by atoms with E-state index in [1.807, 2.05) is 0 Å². The van der Waals surface area contributed by atoms with Crippen LogP contribution < -0.4 is 30.2 Å². The Morgan fingerprint density at radius 3 is 0.804 bits per heavy atom. The normalized spacial score (nSPS) is 23.4. The monoisotopic (exact) mass is 1610 g/mol. The smallest absolute Gasteiger partial charge is 0.338 e. The summed E-state index contributed by atoms with van der Waals surface area (Å²) < 4.78 is 143. The molecular weight excluding hydrogens is 1500 g/mol. The van der Waals surface area contributed by atoms with Crippen LogP contribution in [0.1, 0.15) is 114 Å². The van der Waals surface area contributed by atoms with Gasteiger partial charge in [0, 0.05) is 83.1 Å². The molecule has 0 radical (unpaired) electrons. The Bertz CT molecular complexity index is 3070. The van der Waals surface area contributed by atoms with Crippen molar-refractivity contribution in [2.45, 2.75) is 201 Å². The summed E-state index contributed by atoms with van der Waals surface area (Å²) in [6.45, 7) is 16.7. The van der Waals surface area contributed by atoms with Gasteiger partial charge in [-0.25, -0.2) is 4.79 Å². The minimum atomic E-state index is -1.33. The van der Waals surface area contributed by atoms with Crippen LogP contribution in [0.15, 0.2) is 12.1 Å². The Labute approximate surface area is 647 Å². The van der Waals surface area contributed by atoms with E-state index in [2.05, 4.69) is 16.0 Å². The predicted octanol–water partition coefficient (Wildman–Crippen LogP) is -0.104. The predicted molar refractivity (Wildman–Crippen MR) is 373 cm³/mol. The van der Waals surface area contributed by atoms with Gasteiger partial charge in [0.2, 0.25) is 23.5 Å². The van der Waals surface area contributed by atoms with E-state index in [9.17, 15) is 62.3 Å². The van der Waals surface area contributed by atoms with E-state index in [4.69, 9.17) is 118 Å². The van der Waals surface area contributed by atoms with E-state index in [0.717, 1.165) is 62.3 Å². The summed E-state index contributed by atoms with van der Waals surface area (Å²) >= 11 is 0. The second-order valence-electron chi connectivity index (χ2n) is 25.8. The molecule has 3 amide bonds. The average molecular weight is 1610 g/mol. The van der Waals surface area contributed by atoms with Crippen LogP contribution in [-0.2, 0) is 162 Å². The number of hydrogen-bond acceptors (Lipinski definition) is 38. The van der Waals surface area contributed by atoms with Crippen molar-refractivity contribution in [3.63, 3.8) is 0 Å². The lowest BCUT2D eigenvalue weighted by molar-refractivity contribution is -0.279. The zero-order chi connectivity index (χ0) is 83.0. The van der Waals surface area contributed by atoms with Crippen molar-refractivity contribution >= 4 is 77.4 Å². The number of amides is 3. The van der Waals surface area contributed by atoms with Gasteiger partial charge in [-0.05, 0) is 32.9 Å². The SMILES string of the molecule is CC(=O)N[C@H]1[C@H](OCCOCCOCCOc2cc(C(=O)OC(C)(C)C)cc(OCCOCCOCCOC3O[C@H](COC(C)=O)[C@H](OC(C)=O)[C@H](OC(C)=O)[C@H]3NC(C)=O)c2OCCOCCOCCO[C@@H]2O[C@H](COC(C)=O)[C@H](OC(C)=O)[C@H](OC(C)=O)[C@H]2NC(C)=O)O[C@H](COC(C)=O)[C@H](OC(C)=O)[C@@H]1OC(C)=O. The van der Waals surface area contributed by atoms with E-state index in [-0.39, 0.29) is 142 Å². The van der Waals surface area contributed by atoms with Crippen LogP contribution in [0, 0.1) is 0 Å². The standard InChI is InChI=1S/C71H107N3O38/c1-39(75)72-57-64(106-48(10)84)61(103-45(7)81)54(36-100-42(4)78)109-68(57)97-31-25-91-19-16-88-22-28-94-52-34-51(67(87)112-71(13,14)15)35-53(95-29-23-89-17-20-92-26-32-98-69-58(73-40(2)76)65(107-49(11)85)62(104-46(8)82)55(110-69)37-101-43(5)79)60(52)96-30-24-90-18-21-93-27-33-99-70-59(74-41(3)77)66(108-50(12)86)63(105-47(9)83)56(111-70)38-102-44(6)80/h34-35,54-59,61-66,68-70H,16-33,36-38H2,1-15H3,(H,72,75)(H,73,76)(H,74,77)/t54-,55-,56-,57-,58-,59-,61+,62+,63+,64-,65-,66-,68-,69?,70-/m1/s1. The Morgan fingerprint density at radius 2 is 0.562 bits per heavy atom. The summed E-state index contributed by atoms with van der Waals surface area (Å²) in [6.07, 6.45) is -15.5. The van der Waals surface area contributed by atoms with Crippen LogP contribution in [0.5, 0.6) is 17.2 Å². The maximum absolute atomic E-state index is 13.7.